The van der Waals surface area contributed by atoms with Gasteiger partial charge in [-0.3, -0.25) is 0 Å². The molecule has 1 unspecified atom stereocenters. The van der Waals surface area contributed by atoms with Gasteiger partial charge < -0.3 is 19.1 Å². The molecule has 32 heavy (non-hydrogen) atoms. The van der Waals surface area contributed by atoms with Gasteiger partial charge in [0.1, 0.15) is 18.1 Å². The Morgan fingerprint density at radius 2 is 1.34 bits per heavy atom. The molecule has 0 saturated carbocycles. The number of ether oxygens (including phenoxy) is 1. The van der Waals surface area contributed by atoms with E-state index in [-0.39, 0.29) is 6.61 Å². The summed E-state index contributed by atoms with van der Waals surface area (Å²) in [5.74, 6) is -0.0911. The first kappa shape index (κ1) is 23.4. The van der Waals surface area contributed by atoms with Crippen LogP contribution in [-0.4, -0.2) is 11.9 Å². The van der Waals surface area contributed by atoms with E-state index in [0.717, 1.165) is 18.4 Å². The number of rotatable bonds is 11. The third-order valence-corrected chi connectivity index (χ3v) is 6.74. The Labute approximate surface area is 189 Å². The van der Waals surface area contributed by atoms with Crippen LogP contribution in [0.3, 0.4) is 0 Å². The second kappa shape index (κ2) is 12.0. The Morgan fingerprint density at radius 3 is 1.84 bits per heavy atom. The second-order valence-corrected chi connectivity index (χ2v) is 9.28. The van der Waals surface area contributed by atoms with Crippen LogP contribution >= 0.6 is 7.60 Å². The molecule has 0 aromatic heterocycles. The molecule has 0 aliphatic rings. The minimum atomic E-state index is -3.86. The lowest BCUT2D eigenvalue weighted by Crippen LogP contribution is -2.37. The van der Waals surface area contributed by atoms with Crippen molar-refractivity contribution in [3.05, 3.63) is 96.6 Å². The second-order valence-electron chi connectivity index (χ2n) is 7.21. The minimum absolute atomic E-state index is 0.108. The predicted octanol–water partition coefficient (Wildman–Crippen LogP) is 6.78. The van der Waals surface area contributed by atoms with Crippen LogP contribution in [0.1, 0.15) is 31.7 Å². The van der Waals surface area contributed by atoms with Crippen LogP contribution in [0.15, 0.2) is 91.0 Å². The molecule has 0 radical (unpaired) electrons. The maximum absolute atomic E-state index is 14.1. The molecule has 6 nitrogen and oxygen atoms in total. The molecule has 3 rings (SSSR count). The maximum Gasteiger partial charge on any atom is 0.453 e. The standard InChI is InChI=1S/C25H28NO5P/c1-2-3-19-24(26-25(27)29-20-21-13-7-4-8-14-21)32(28,30-22-15-9-5-10-16-22)31-23-17-11-6-12-18-23/h4-18,24H,2-3,19-20H2,1H3,(H,26,27). The van der Waals surface area contributed by atoms with Crippen LogP contribution in [-0.2, 0) is 15.9 Å². The van der Waals surface area contributed by atoms with Gasteiger partial charge in [-0.15, -0.1) is 0 Å². The van der Waals surface area contributed by atoms with E-state index in [2.05, 4.69) is 5.32 Å². The monoisotopic (exact) mass is 453 g/mol. The van der Waals surface area contributed by atoms with E-state index in [1.54, 1.807) is 48.5 Å². The lowest BCUT2D eigenvalue weighted by Gasteiger charge is -2.28. The zero-order chi connectivity index (χ0) is 22.7. The lowest BCUT2D eigenvalue weighted by molar-refractivity contribution is 0.136. The van der Waals surface area contributed by atoms with Crippen molar-refractivity contribution in [2.75, 3.05) is 0 Å². The van der Waals surface area contributed by atoms with Gasteiger partial charge in [0.15, 0.2) is 5.78 Å². The number of hydrogen-bond acceptors (Lipinski definition) is 5. The van der Waals surface area contributed by atoms with Crippen molar-refractivity contribution >= 4 is 13.7 Å². The number of para-hydroxylation sites is 2. The average molecular weight is 453 g/mol. The fourth-order valence-electron chi connectivity index (χ4n) is 3.01. The summed E-state index contributed by atoms with van der Waals surface area (Å²) in [4.78, 5) is 12.6. The zero-order valence-corrected chi connectivity index (χ0v) is 18.9. The van der Waals surface area contributed by atoms with E-state index < -0.39 is 19.5 Å². The largest absolute Gasteiger partial charge is 0.453 e. The summed E-state index contributed by atoms with van der Waals surface area (Å²) in [6.45, 7) is 2.13. The molecule has 3 aromatic rings. The summed E-state index contributed by atoms with van der Waals surface area (Å²) in [5.41, 5.74) is 0.858. The van der Waals surface area contributed by atoms with Gasteiger partial charge in [-0.25, -0.2) is 9.36 Å². The van der Waals surface area contributed by atoms with E-state index >= 15 is 0 Å². The molecule has 0 spiro atoms. The molecule has 0 heterocycles. The minimum Gasteiger partial charge on any atom is -0.445 e. The fourth-order valence-corrected chi connectivity index (χ4v) is 4.90. The highest BCUT2D eigenvalue weighted by Gasteiger charge is 2.40. The number of carbonyl (C=O) groups is 1. The summed E-state index contributed by atoms with van der Waals surface area (Å²) < 4.78 is 31.2. The first-order valence-electron chi connectivity index (χ1n) is 10.7. The Hall–Kier alpha value is -3.24. The van der Waals surface area contributed by atoms with E-state index in [4.69, 9.17) is 13.8 Å². The molecular formula is C25H28NO5P. The molecule has 7 heteroatoms. The summed E-state index contributed by atoms with van der Waals surface area (Å²) in [6, 6.07) is 27.0. The smallest absolute Gasteiger partial charge is 0.445 e. The Balaban J connectivity index is 1.80. The topological polar surface area (TPSA) is 73.9 Å². The van der Waals surface area contributed by atoms with Crippen molar-refractivity contribution in [2.45, 2.75) is 38.6 Å². The quantitative estimate of drug-likeness (QED) is 0.324. The van der Waals surface area contributed by atoms with Crippen molar-refractivity contribution in [3.63, 3.8) is 0 Å². The van der Waals surface area contributed by atoms with Crippen molar-refractivity contribution in [3.8, 4) is 11.5 Å². The fraction of sp³-hybridized carbons (Fsp3) is 0.240. The maximum atomic E-state index is 14.1. The van der Waals surface area contributed by atoms with Crippen LogP contribution in [0.4, 0.5) is 4.79 Å². The number of hydrogen-bond donors (Lipinski definition) is 1. The average Bonchev–Trinajstić information content (AvgIpc) is 2.82. The molecule has 1 N–H and O–H groups in total. The van der Waals surface area contributed by atoms with Crippen LogP contribution in [0.25, 0.3) is 0 Å². The molecule has 1 atom stereocenters. The van der Waals surface area contributed by atoms with E-state index in [1.807, 2.05) is 49.4 Å². The van der Waals surface area contributed by atoms with Gasteiger partial charge in [-0.2, -0.15) is 0 Å². The zero-order valence-electron chi connectivity index (χ0n) is 18.1. The highest BCUT2D eigenvalue weighted by Crippen LogP contribution is 2.53. The number of unbranched alkanes of at least 4 members (excludes halogenated alkanes) is 1. The molecule has 0 fully saturated rings. The summed E-state index contributed by atoms with van der Waals surface area (Å²) in [6.07, 6.45) is 1.31. The lowest BCUT2D eigenvalue weighted by atomic mass is 10.2. The van der Waals surface area contributed by atoms with E-state index in [9.17, 15) is 9.36 Å². The van der Waals surface area contributed by atoms with Gasteiger partial charge >= 0.3 is 13.7 Å². The van der Waals surface area contributed by atoms with Gasteiger partial charge in [0.2, 0.25) is 0 Å². The van der Waals surface area contributed by atoms with Crippen molar-refractivity contribution < 1.29 is 23.1 Å². The Morgan fingerprint density at radius 1 is 0.844 bits per heavy atom. The van der Waals surface area contributed by atoms with Crippen LogP contribution < -0.4 is 14.4 Å². The predicted molar refractivity (Wildman–Crippen MR) is 125 cm³/mol. The third-order valence-electron chi connectivity index (χ3n) is 4.66. The number of nitrogens with one attached hydrogen (secondary N) is 1. The third kappa shape index (κ3) is 7.17. The molecule has 0 aliphatic carbocycles. The number of amides is 1. The normalized spacial score (nSPS) is 11.9. The Kier molecular flexibility index (Phi) is 8.76. The highest BCUT2D eigenvalue weighted by atomic mass is 31.2. The van der Waals surface area contributed by atoms with Crippen molar-refractivity contribution in [1.29, 1.82) is 0 Å². The van der Waals surface area contributed by atoms with Gasteiger partial charge in [-0.05, 0) is 36.2 Å². The SMILES string of the molecule is CCCCC(NC(=O)OCc1ccccc1)P(=O)(Oc1ccccc1)Oc1ccccc1. The molecular weight excluding hydrogens is 425 g/mol. The summed E-state index contributed by atoms with van der Waals surface area (Å²) >= 11 is 0. The molecule has 0 bridgehead atoms. The molecule has 1 amide bonds. The first-order chi connectivity index (χ1) is 15.6. The first-order valence-corrected chi connectivity index (χ1v) is 12.3. The summed E-state index contributed by atoms with van der Waals surface area (Å²) in [5, 5.41) is 2.73. The van der Waals surface area contributed by atoms with E-state index in [1.165, 1.54) is 0 Å². The van der Waals surface area contributed by atoms with Crippen LogP contribution in [0.2, 0.25) is 0 Å². The number of benzene rings is 3. The van der Waals surface area contributed by atoms with Gasteiger partial charge in [0.25, 0.3) is 0 Å². The molecule has 0 saturated heterocycles. The molecule has 0 aliphatic heterocycles. The number of alkyl carbamates (subject to hydrolysis) is 1. The van der Waals surface area contributed by atoms with Crippen molar-refractivity contribution in [2.24, 2.45) is 0 Å². The van der Waals surface area contributed by atoms with Gasteiger partial charge in [0.05, 0.1) is 0 Å². The van der Waals surface area contributed by atoms with Crippen LogP contribution in [0.5, 0.6) is 11.5 Å². The molecule has 3 aromatic carbocycles. The Bertz CT molecular complexity index is 953. The van der Waals surface area contributed by atoms with Gasteiger partial charge in [-0.1, -0.05) is 86.5 Å². The van der Waals surface area contributed by atoms with Gasteiger partial charge in [0, 0.05) is 0 Å². The van der Waals surface area contributed by atoms with Crippen LogP contribution in [0, 0.1) is 0 Å². The van der Waals surface area contributed by atoms with E-state index in [0.29, 0.717) is 17.9 Å². The summed E-state index contributed by atoms with van der Waals surface area (Å²) in [7, 11) is -3.86. The van der Waals surface area contributed by atoms with Crippen molar-refractivity contribution in [1.82, 2.24) is 5.32 Å². The molecule has 168 valence electrons. The highest BCUT2D eigenvalue weighted by molar-refractivity contribution is 7.55. The number of carbonyl (C=O) groups excluding carboxylic acids is 1.